The standard InChI is InChI=1S/C12H13ClO4/c1-12(16-4-5-17-12)8-6-10-11(7-9(8)13)15-3-2-14-10/h6-7H,2-5H2,1H3. The molecule has 2 aliphatic heterocycles. The Morgan fingerprint density at radius 1 is 1.00 bits per heavy atom. The lowest BCUT2D eigenvalue weighted by Crippen LogP contribution is -2.24. The zero-order valence-corrected chi connectivity index (χ0v) is 10.3. The molecule has 0 saturated carbocycles. The van der Waals surface area contributed by atoms with Crippen LogP contribution in [0, 0.1) is 0 Å². The van der Waals surface area contributed by atoms with Gasteiger partial charge >= 0.3 is 0 Å². The van der Waals surface area contributed by atoms with Gasteiger partial charge in [-0.3, -0.25) is 0 Å². The second-order valence-corrected chi connectivity index (χ2v) is 4.53. The van der Waals surface area contributed by atoms with Gasteiger partial charge in [-0.25, -0.2) is 0 Å². The van der Waals surface area contributed by atoms with E-state index in [4.69, 9.17) is 30.5 Å². The van der Waals surface area contributed by atoms with E-state index in [1.807, 2.05) is 13.0 Å². The third-order valence-electron chi connectivity index (χ3n) is 2.96. The molecule has 1 aromatic carbocycles. The second-order valence-electron chi connectivity index (χ2n) is 4.12. The zero-order valence-electron chi connectivity index (χ0n) is 9.49. The van der Waals surface area contributed by atoms with Crippen molar-refractivity contribution in [2.24, 2.45) is 0 Å². The summed E-state index contributed by atoms with van der Waals surface area (Å²) in [7, 11) is 0. The van der Waals surface area contributed by atoms with E-state index in [1.54, 1.807) is 6.07 Å². The molecule has 0 bridgehead atoms. The van der Waals surface area contributed by atoms with Gasteiger partial charge in [0.25, 0.3) is 0 Å². The molecule has 4 nitrogen and oxygen atoms in total. The van der Waals surface area contributed by atoms with Crippen molar-refractivity contribution in [1.82, 2.24) is 0 Å². The minimum atomic E-state index is -0.785. The Bertz CT molecular complexity index is 440. The van der Waals surface area contributed by atoms with Crippen molar-refractivity contribution < 1.29 is 18.9 Å². The molecule has 0 spiro atoms. The Labute approximate surface area is 104 Å². The molecule has 0 amide bonds. The highest BCUT2D eigenvalue weighted by Crippen LogP contribution is 2.42. The minimum Gasteiger partial charge on any atom is -0.486 e. The van der Waals surface area contributed by atoms with Gasteiger partial charge in [-0.15, -0.1) is 0 Å². The Morgan fingerprint density at radius 3 is 2.24 bits per heavy atom. The first-order chi connectivity index (χ1) is 8.19. The molecular weight excluding hydrogens is 244 g/mol. The van der Waals surface area contributed by atoms with Gasteiger partial charge in [0.2, 0.25) is 0 Å². The van der Waals surface area contributed by atoms with E-state index in [9.17, 15) is 0 Å². The van der Waals surface area contributed by atoms with Gasteiger partial charge < -0.3 is 18.9 Å². The molecule has 2 aliphatic rings. The van der Waals surface area contributed by atoms with Crippen LogP contribution in [0.4, 0.5) is 0 Å². The topological polar surface area (TPSA) is 36.9 Å². The number of benzene rings is 1. The third kappa shape index (κ3) is 1.86. The number of ether oxygens (including phenoxy) is 4. The Hall–Kier alpha value is -0.970. The molecule has 92 valence electrons. The Morgan fingerprint density at radius 2 is 1.59 bits per heavy atom. The molecular formula is C12H13ClO4. The van der Waals surface area contributed by atoms with Crippen LogP contribution in [0.3, 0.4) is 0 Å². The molecule has 5 heteroatoms. The molecule has 0 aromatic heterocycles. The number of halogens is 1. The van der Waals surface area contributed by atoms with E-state index in [0.717, 1.165) is 5.56 Å². The predicted molar refractivity (Wildman–Crippen MR) is 61.7 cm³/mol. The van der Waals surface area contributed by atoms with Crippen molar-refractivity contribution in [3.63, 3.8) is 0 Å². The van der Waals surface area contributed by atoms with Crippen LogP contribution >= 0.6 is 11.6 Å². The summed E-state index contributed by atoms with van der Waals surface area (Å²) in [6.45, 7) is 4.10. The fourth-order valence-electron chi connectivity index (χ4n) is 2.08. The quantitative estimate of drug-likeness (QED) is 0.773. The van der Waals surface area contributed by atoms with Gasteiger partial charge in [0.05, 0.1) is 18.2 Å². The van der Waals surface area contributed by atoms with Crippen molar-refractivity contribution in [2.45, 2.75) is 12.7 Å². The zero-order chi connectivity index (χ0) is 11.9. The average Bonchev–Trinajstić information content (AvgIpc) is 2.76. The van der Waals surface area contributed by atoms with E-state index < -0.39 is 5.79 Å². The minimum absolute atomic E-state index is 0.548. The Balaban J connectivity index is 2.04. The fourth-order valence-corrected chi connectivity index (χ4v) is 2.41. The first-order valence-corrected chi connectivity index (χ1v) is 5.94. The molecule has 0 aliphatic carbocycles. The van der Waals surface area contributed by atoms with Crippen LogP contribution in [-0.4, -0.2) is 26.4 Å². The van der Waals surface area contributed by atoms with E-state index in [1.165, 1.54) is 0 Å². The first-order valence-electron chi connectivity index (χ1n) is 5.56. The highest BCUT2D eigenvalue weighted by atomic mass is 35.5. The molecule has 0 atom stereocenters. The van der Waals surface area contributed by atoms with Crippen LogP contribution in [0.25, 0.3) is 0 Å². The number of hydrogen-bond donors (Lipinski definition) is 0. The highest BCUT2D eigenvalue weighted by molar-refractivity contribution is 6.31. The summed E-state index contributed by atoms with van der Waals surface area (Å²) in [6, 6.07) is 3.59. The summed E-state index contributed by atoms with van der Waals surface area (Å²) < 4.78 is 22.2. The second kappa shape index (κ2) is 4.05. The van der Waals surface area contributed by atoms with Gasteiger partial charge in [0.1, 0.15) is 13.2 Å². The monoisotopic (exact) mass is 256 g/mol. The van der Waals surface area contributed by atoms with E-state index in [2.05, 4.69) is 0 Å². The van der Waals surface area contributed by atoms with Crippen molar-refractivity contribution in [3.05, 3.63) is 22.7 Å². The number of hydrogen-bond acceptors (Lipinski definition) is 4. The van der Waals surface area contributed by atoms with Crippen molar-refractivity contribution >= 4 is 11.6 Å². The lowest BCUT2D eigenvalue weighted by atomic mass is 10.1. The maximum absolute atomic E-state index is 6.24. The molecule has 17 heavy (non-hydrogen) atoms. The molecule has 1 aromatic rings. The van der Waals surface area contributed by atoms with Gasteiger partial charge in [-0.2, -0.15) is 0 Å². The van der Waals surface area contributed by atoms with Crippen LogP contribution in [0.1, 0.15) is 12.5 Å². The van der Waals surface area contributed by atoms with E-state index in [-0.39, 0.29) is 0 Å². The van der Waals surface area contributed by atoms with E-state index >= 15 is 0 Å². The molecule has 1 fully saturated rings. The van der Waals surface area contributed by atoms with Crippen LogP contribution < -0.4 is 9.47 Å². The fraction of sp³-hybridized carbons (Fsp3) is 0.500. The summed E-state index contributed by atoms with van der Waals surface area (Å²) in [5, 5.41) is 0.568. The van der Waals surface area contributed by atoms with Crippen molar-refractivity contribution in [3.8, 4) is 11.5 Å². The molecule has 3 rings (SSSR count). The predicted octanol–water partition coefficient (Wildman–Crippen LogP) is 2.33. The summed E-state index contributed by atoms with van der Waals surface area (Å²) in [5.74, 6) is 0.579. The summed E-state index contributed by atoms with van der Waals surface area (Å²) in [4.78, 5) is 0. The van der Waals surface area contributed by atoms with Gasteiger partial charge in [-0.05, 0) is 13.0 Å². The maximum atomic E-state index is 6.24. The van der Waals surface area contributed by atoms with Crippen LogP contribution in [-0.2, 0) is 15.3 Å². The van der Waals surface area contributed by atoms with Gasteiger partial charge in [0, 0.05) is 11.6 Å². The SMILES string of the molecule is CC1(c2cc3c(cc2Cl)OCCO3)OCCO1. The lowest BCUT2D eigenvalue weighted by Gasteiger charge is -2.26. The maximum Gasteiger partial charge on any atom is 0.193 e. The van der Waals surface area contributed by atoms with Gasteiger partial charge in [0.15, 0.2) is 17.3 Å². The van der Waals surface area contributed by atoms with Gasteiger partial charge in [-0.1, -0.05) is 11.6 Å². The summed E-state index contributed by atoms with van der Waals surface area (Å²) in [5.41, 5.74) is 0.779. The van der Waals surface area contributed by atoms with Crippen LogP contribution in [0.2, 0.25) is 5.02 Å². The number of fused-ring (bicyclic) bond motifs is 1. The Kier molecular flexibility index (Phi) is 2.65. The molecule has 0 radical (unpaired) electrons. The van der Waals surface area contributed by atoms with Crippen molar-refractivity contribution in [2.75, 3.05) is 26.4 Å². The first kappa shape index (κ1) is 11.1. The smallest absolute Gasteiger partial charge is 0.193 e. The number of rotatable bonds is 1. The van der Waals surface area contributed by atoms with E-state index in [0.29, 0.717) is 42.9 Å². The average molecular weight is 257 g/mol. The molecule has 2 heterocycles. The molecule has 0 N–H and O–H groups in total. The lowest BCUT2D eigenvalue weighted by molar-refractivity contribution is -0.149. The largest absolute Gasteiger partial charge is 0.486 e. The molecule has 0 unspecified atom stereocenters. The normalized spacial score (nSPS) is 21.5. The summed E-state index contributed by atoms with van der Waals surface area (Å²) >= 11 is 6.24. The van der Waals surface area contributed by atoms with Crippen molar-refractivity contribution in [1.29, 1.82) is 0 Å². The highest BCUT2D eigenvalue weighted by Gasteiger charge is 2.36. The summed E-state index contributed by atoms with van der Waals surface area (Å²) in [6.07, 6.45) is 0. The van der Waals surface area contributed by atoms with Crippen LogP contribution in [0.5, 0.6) is 11.5 Å². The third-order valence-corrected chi connectivity index (χ3v) is 3.27. The molecule has 1 saturated heterocycles. The van der Waals surface area contributed by atoms with Crippen LogP contribution in [0.15, 0.2) is 12.1 Å².